The predicted octanol–water partition coefficient (Wildman–Crippen LogP) is 3.46. The molecular weight excluding hydrogens is 362 g/mol. The molecule has 0 aliphatic heterocycles. The molecule has 0 saturated carbocycles. The molecule has 0 radical (unpaired) electrons. The van der Waals surface area contributed by atoms with Gasteiger partial charge < -0.3 is 5.32 Å². The maximum Gasteiger partial charge on any atom is 0.253 e. The zero-order valence-corrected chi connectivity index (χ0v) is 16.5. The van der Waals surface area contributed by atoms with Crippen molar-refractivity contribution in [1.82, 2.24) is 15.8 Å². The number of carbonyl (C=O) groups is 2. The van der Waals surface area contributed by atoms with Crippen LogP contribution in [0, 0.1) is 6.92 Å². The molecule has 2 N–H and O–H groups in total. The minimum Gasteiger partial charge on any atom is -0.343 e. The van der Waals surface area contributed by atoms with E-state index in [0.717, 1.165) is 16.7 Å². The van der Waals surface area contributed by atoms with Crippen molar-refractivity contribution in [2.45, 2.75) is 20.0 Å². The van der Waals surface area contributed by atoms with E-state index in [2.05, 4.69) is 10.7 Å². The van der Waals surface area contributed by atoms with Gasteiger partial charge in [-0.1, -0.05) is 78.4 Å². The molecule has 0 aliphatic carbocycles. The van der Waals surface area contributed by atoms with E-state index in [9.17, 15) is 9.59 Å². The lowest BCUT2D eigenvalue weighted by molar-refractivity contribution is -0.125. The van der Waals surface area contributed by atoms with Crippen LogP contribution in [0.25, 0.3) is 0 Å². The monoisotopic (exact) mass is 387 g/mol. The van der Waals surface area contributed by atoms with Gasteiger partial charge in [-0.2, -0.15) is 0 Å². The van der Waals surface area contributed by atoms with Gasteiger partial charge in [-0.15, -0.1) is 0 Å². The van der Waals surface area contributed by atoms with Crippen LogP contribution in [0.4, 0.5) is 0 Å². The molecule has 5 heteroatoms. The smallest absolute Gasteiger partial charge is 0.253 e. The number of hydrogen-bond acceptors (Lipinski definition) is 3. The van der Waals surface area contributed by atoms with E-state index < -0.39 is 0 Å². The van der Waals surface area contributed by atoms with Crippen molar-refractivity contribution in [3.8, 4) is 0 Å². The first-order valence-electron chi connectivity index (χ1n) is 9.57. The van der Waals surface area contributed by atoms with Gasteiger partial charge >= 0.3 is 0 Å². The third-order valence-electron chi connectivity index (χ3n) is 4.41. The first kappa shape index (κ1) is 20.3. The number of nitrogens with one attached hydrogen (secondary N) is 2. The zero-order chi connectivity index (χ0) is 20.5. The standard InChI is InChI=1S/C24H25N3O2/c1-19-9-8-14-22(15-19)24(29)25-16-23(28)26-27(17-20-10-4-2-5-11-20)18-21-12-6-3-7-13-21/h2-15H,16-18H2,1H3,(H,25,29)(H,26,28). The van der Waals surface area contributed by atoms with Gasteiger partial charge in [0, 0.05) is 18.7 Å². The summed E-state index contributed by atoms with van der Waals surface area (Å²) in [4.78, 5) is 24.7. The maximum atomic E-state index is 12.5. The van der Waals surface area contributed by atoms with E-state index in [-0.39, 0.29) is 18.4 Å². The fraction of sp³-hybridized carbons (Fsp3) is 0.167. The molecule has 0 fully saturated rings. The molecule has 0 saturated heterocycles. The van der Waals surface area contributed by atoms with E-state index in [1.165, 1.54) is 0 Å². The van der Waals surface area contributed by atoms with Crippen LogP contribution in [0.15, 0.2) is 84.9 Å². The molecule has 0 spiro atoms. The Hall–Kier alpha value is -3.44. The minimum absolute atomic E-state index is 0.0904. The Balaban J connectivity index is 1.60. The van der Waals surface area contributed by atoms with Crippen molar-refractivity contribution >= 4 is 11.8 Å². The molecule has 0 unspecified atom stereocenters. The van der Waals surface area contributed by atoms with Gasteiger partial charge in [0.25, 0.3) is 11.8 Å². The average molecular weight is 387 g/mol. The fourth-order valence-corrected chi connectivity index (χ4v) is 3.01. The summed E-state index contributed by atoms with van der Waals surface area (Å²) in [7, 11) is 0. The molecular formula is C24H25N3O2. The number of amides is 2. The van der Waals surface area contributed by atoms with Gasteiger partial charge in [0.15, 0.2) is 0 Å². The molecule has 5 nitrogen and oxygen atoms in total. The van der Waals surface area contributed by atoms with Crippen LogP contribution < -0.4 is 10.7 Å². The van der Waals surface area contributed by atoms with E-state index in [4.69, 9.17) is 0 Å². The molecule has 3 rings (SSSR count). The molecule has 0 heterocycles. The third-order valence-corrected chi connectivity index (χ3v) is 4.41. The second-order valence-corrected chi connectivity index (χ2v) is 6.91. The molecule has 29 heavy (non-hydrogen) atoms. The van der Waals surface area contributed by atoms with Crippen molar-refractivity contribution in [3.05, 3.63) is 107 Å². The molecule has 3 aromatic rings. The van der Waals surface area contributed by atoms with Gasteiger partial charge in [-0.05, 0) is 30.2 Å². The van der Waals surface area contributed by atoms with Crippen molar-refractivity contribution in [3.63, 3.8) is 0 Å². The number of nitrogens with zero attached hydrogens (tertiary/aromatic N) is 1. The number of aryl methyl sites for hydroxylation is 1. The third kappa shape index (κ3) is 6.59. The first-order valence-corrected chi connectivity index (χ1v) is 9.57. The molecule has 0 atom stereocenters. The predicted molar refractivity (Wildman–Crippen MR) is 114 cm³/mol. The van der Waals surface area contributed by atoms with Crippen molar-refractivity contribution in [2.24, 2.45) is 0 Å². The average Bonchev–Trinajstić information content (AvgIpc) is 2.73. The summed E-state index contributed by atoms with van der Waals surface area (Å²) in [6.07, 6.45) is 0. The maximum absolute atomic E-state index is 12.5. The number of benzene rings is 3. The van der Waals surface area contributed by atoms with Gasteiger partial charge in [-0.25, -0.2) is 5.01 Å². The second kappa shape index (κ2) is 10.2. The number of rotatable bonds is 8. The van der Waals surface area contributed by atoms with E-state index in [1.807, 2.05) is 84.7 Å². The first-order chi connectivity index (χ1) is 14.1. The summed E-state index contributed by atoms with van der Waals surface area (Å²) >= 11 is 0. The fourth-order valence-electron chi connectivity index (χ4n) is 3.01. The summed E-state index contributed by atoms with van der Waals surface area (Å²) < 4.78 is 0. The summed E-state index contributed by atoms with van der Waals surface area (Å²) in [6.45, 7) is 2.96. The second-order valence-electron chi connectivity index (χ2n) is 6.91. The van der Waals surface area contributed by atoms with Crippen molar-refractivity contribution in [1.29, 1.82) is 0 Å². The van der Waals surface area contributed by atoms with Crippen LogP contribution >= 0.6 is 0 Å². The number of hydrazine groups is 1. The lowest BCUT2D eigenvalue weighted by atomic mass is 10.1. The van der Waals surface area contributed by atoms with Crippen LogP contribution in [0.5, 0.6) is 0 Å². The molecule has 148 valence electrons. The lowest BCUT2D eigenvalue weighted by Crippen LogP contribution is -2.46. The molecule has 0 bridgehead atoms. The summed E-state index contributed by atoms with van der Waals surface area (Å²) in [5, 5.41) is 4.53. The molecule has 2 amide bonds. The Bertz CT molecular complexity index is 901. The van der Waals surface area contributed by atoms with Gasteiger partial charge in [0.2, 0.25) is 0 Å². The van der Waals surface area contributed by atoms with Crippen molar-refractivity contribution < 1.29 is 9.59 Å². The molecule has 0 aromatic heterocycles. The van der Waals surface area contributed by atoms with Crippen molar-refractivity contribution in [2.75, 3.05) is 6.54 Å². The summed E-state index contributed by atoms with van der Waals surface area (Å²) in [6, 6.07) is 27.2. The summed E-state index contributed by atoms with van der Waals surface area (Å²) in [5.74, 6) is -0.528. The normalized spacial score (nSPS) is 10.6. The Morgan fingerprint density at radius 1 is 0.793 bits per heavy atom. The summed E-state index contributed by atoms with van der Waals surface area (Å²) in [5.41, 5.74) is 6.64. The van der Waals surface area contributed by atoms with E-state index in [1.54, 1.807) is 12.1 Å². The Kier molecular flexibility index (Phi) is 7.14. The van der Waals surface area contributed by atoms with Crippen LogP contribution in [0.1, 0.15) is 27.0 Å². The zero-order valence-electron chi connectivity index (χ0n) is 16.5. The van der Waals surface area contributed by atoms with Crippen LogP contribution in [-0.2, 0) is 17.9 Å². The SMILES string of the molecule is Cc1cccc(C(=O)NCC(=O)NN(Cc2ccccc2)Cc2ccccc2)c1. The minimum atomic E-state index is -0.266. The van der Waals surface area contributed by atoms with Crippen LogP contribution in [0.3, 0.4) is 0 Å². The largest absolute Gasteiger partial charge is 0.343 e. The highest BCUT2D eigenvalue weighted by molar-refractivity contribution is 5.96. The van der Waals surface area contributed by atoms with Gasteiger partial charge in [0.05, 0.1) is 6.54 Å². The van der Waals surface area contributed by atoms with Crippen LogP contribution in [-0.4, -0.2) is 23.4 Å². The Morgan fingerprint density at radius 3 is 1.93 bits per heavy atom. The van der Waals surface area contributed by atoms with Gasteiger partial charge in [0.1, 0.15) is 0 Å². The highest BCUT2D eigenvalue weighted by atomic mass is 16.2. The highest BCUT2D eigenvalue weighted by Gasteiger charge is 2.13. The highest BCUT2D eigenvalue weighted by Crippen LogP contribution is 2.08. The molecule has 0 aliphatic rings. The Morgan fingerprint density at radius 2 is 1.38 bits per heavy atom. The number of hydrogen-bond donors (Lipinski definition) is 2. The van der Waals surface area contributed by atoms with E-state index in [0.29, 0.717) is 18.7 Å². The van der Waals surface area contributed by atoms with Crippen LogP contribution in [0.2, 0.25) is 0 Å². The van der Waals surface area contributed by atoms with Gasteiger partial charge in [-0.3, -0.25) is 15.0 Å². The van der Waals surface area contributed by atoms with E-state index >= 15 is 0 Å². The molecule has 3 aromatic carbocycles. The quantitative estimate of drug-likeness (QED) is 0.582. The topological polar surface area (TPSA) is 61.4 Å². The Labute approximate surface area is 171 Å². The lowest BCUT2D eigenvalue weighted by Gasteiger charge is -2.23. The number of carbonyl (C=O) groups excluding carboxylic acids is 2.